The van der Waals surface area contributed by atoms with Gasteiger partial charge in [0.2, 0.25) is 0 Å². The fourth-order valence-electron chi connectivity index (χ4n) is 6.69. The second-order valence-electron chi connectivity index (χ2n) is 14.5. The fourth-order valence-corrected chi connectivity index (χ4v) is 6.69. The first-order valence-corrected chi connectivity index (χ1v) is 21.5. The molecule has 0 bridgehead atoms. The zero-order valence-electron chi connectivity index (χ0n) is 32.7. The lowest BCUT2D eigenvalue weighted by atomic mass is 10.1. The second-order valence-corrected chi connectivity index (χ2v) is 14.5. The summed E-state index contributed by atoms with van der Waals surface area (Å²) >= 11 is 0. The quantitative estimate of drug-likeness (QED) is 0.0485. The van der Waals surface area contributed by atoms with Gasteiger partial charge in [-0.15, -0.1) is 0 Å². The summed E-state index contributed by atoms with van der Waals surface area (Å²) < 4.78 is 0. The first-order valence-electron chi connectivity index (χ1n) is 21.5. The SMILES string of the molecule is CCCCCCCC/C=C\CCCCCCCCN(CC)CCCCN(CC)CCCCCCCC/C=C\CCCCCCCC. The zero-order chi connectivity index (χ0) is 33.4. The molecule has 0 N–H and O–H groups in total. The van der Waals surface area contributed by atoms with Crippen molar-refractivity contribution in [1.29, 1.82) is 0 Å². The van der Waals surface area contributed by atoms with Crippen LogP contribution in [0.3, 0.4) is 0 Å². The first kappa shape index (κ1) is 45.4. The van der Waals surface area contributed by atoms with Crippen LogP contribution >= 0.6 is 0 Å². The van der Waals surface area contributed by atoms with Crippen LogP contribution in [0.15, 0.2) is 24.3 Å². The van der Waals surface area contributed by atoms with Crippen LogP contribution in [0.25, 0.3) is 0 Å². The molecule has 274 valence electrons. The monoisotopic (exact) mass is 645 g/mol. The zero-order valence-corrected chi connectivity index (χ0v) is 32.7. The molecule has 0 aliphatic rings. The maximum Gasteiger partial charge on any atom is -0.00184 e. The van der Waals surface area contributed by atoms with Gasteiger partial charge in [-0.1, -0.05) is 168 Å². The minimum Gasteiger partial charge on any atom is -0.304 e. The van der Waals surface area contributed by atoms with Crippen molar-refractivity contribution in [2.24, 2.45) is 0 Å². The van der Waals surface area contributed by atoms with Crippen molar-refractivity contribution in [3.63, 3.8) is 0 Å². The van der Waals surface area contributed by atoms with Crippen LogP contribution in [-0.4, -0.2) is 49.1 Å². The molecule has 0 saturated heterocycles. The largest absolute Gasteiger partial charge is 0.304 e. The third-order valence-electron chi connectivity index (χ3n) is 10.1. The molecule has 0 aromatic heterocycles. The summed E-state index contributed by atoms with van der Waals surface area (Å²) in [5.41, 5.74) is 0. The van der Waals surface area contributed by atoms with E-state index in [2.05, 4.69) is 61.8 Å². The van der Waals surface area contributed by atoms with Gasteiger partial charge in [0.25, 0.3) is 0 Å². The Morgan fingerprint density at radius 3 is 0.739 bits per heavy atom. The van der Waals surface area contributed by atoms with Crippen LogP contribution in [0.1, 0.15) is 220 Å². The standard InChI is InChI=1S/C44H88N2/c1-5-9-11-13-15-17-19-21-23-25-27-29-31-33-35-37-41-45(7-3)43-39-40-44-46(8-4)42-38-36-34-32-30-28-26-24-22-20-18-16-14-12-10-6-2/h21-24H,5-20,25-44H2,1-4H3/b23-21-,24-22-. The maximum absolute atomic E-state index is 2.70. The summed E-state index contributed by atoms with van der Waals surface area (Å²) in [5, 5.41) is 0. The number of unbranched alkanes of at least 4 members (excludes halogenated alkanes) is 25. The topological polar surface area (TPSA) is 6.48 Å². The van der Waals surface area contributed by atoms with E-state index in [1.807, 2.05) is 0 Å². The Hall–Kier alpha value is -0.600. The van der Waals surface area contributed by atoms with Crippen molar-refractivity contribution >= 4 is 0 Å². The number of allylic oxidation sites excluding steroid dienone is 4. The van der Waals surface area contributed by atoms with Crippen LogP contribution in [0.5, 0.6) is 0 Å². The molecular weight excluding hydrogens is 556 g/mol. The molecule has 0 amide bonds. The van der Waals surface area contributed by atoms with Crippen LogP contribution in [-0.2, 0) is 0 Å². The molecule has 2 heteroatoms. The predicted octanol–water partition coefficient (Wildman–Crippen LogP) is 14.5. The van der Waals surface area contributed by atoms with E-state index in [0.717, 1.165) is 0 Å². The Kier molecular flexibility index (Phi) is 40.0. The molecule has 0 atom stereocenters. The van der Waals surface area contributed by atoms with Crippen LogP contribution < -0.4 is 0 Å². The van der Waals surface area contributed by atoms with E-state index < -0.39 is 0 Å². The van der Waals surface area contributed by atoms with Crippen molar-refractivity contribution in [1.82, 2.24) is 9.80 Å². The van der Waals surface area contributed by atoms with Crippen LogP contribution in [0.4, 0.5) is 0 Å². The van der Waals surface area contributed by atoms with E-state index in [1.165, 1.54) is 232 Å². The van der Waals surface area contributed by atoms with E-state index in [1.54, 1.807) is 0 Å². The predicted molar refractivity (Wildman–Crippen MR) is 212 cm³/mol. The maximum atomic E-state index is 2.70. The van der Waals surface area contributed by atoms with E-state index in [-0.39, 0.29) is 0 Å². The summed E-state index contributed by atoms with van der Waals surface area (Å²) in [6.07, 6.45) is 51.6. The second kappa shape index (κ2) is 40.6. The Balaban J connectivity index is 3.52. The Morgan fingerprint density at radius 2 is 0.478 bits per heavy atom. The molecule has 0 spiro atoms. The summed E-state index contributed by atoms with van der Waals surface area (Å²) in [4.78, 5) is 5.41. The molecular formula is C44H88N2. The van der Waals surface area contributed by atoms with Crippen molar-refractivity contribution < 1.29 is 0 Å². The average Bonchev–Trinajstić information content (AvgIpc) is 3.07. The first-order chi connectivity index (χ1) is 22.8. The average molecular weight is 645 g/mol. The van der Waals surface area contributed by atoms with Crippen molar-refractivity contribution in [2.75, 3.05) is 39.3 Å². The van der Waals surface area contributed by atoms with E-state index >= 15 is 0 Å². The van der Waals surface area contributed by atoms with Gasteiger partial charge in [0.15, 0.2) is 0 Å². The van der Waals surface area contributed by atoms with Crippen molar-refractivity contribution in [2.45, 2.75) is 220 Å². The molecule has 0 heterocycles. The van der Waals surface area contributed by atoms with Crippen molar-refractivity contribution in [3.05, 3.63) is 24.3 Å². The smallest absolute Gasteiger partial charge is 0.00184 e. The summed E-state index contributed by atoms with van der Waals surface area (Å²) in [6, 6.07) is 0. The van der Waals surface area contributed by atoms with E-state index in [9.17, 15) is 0 Å². The van der Waals surface area contributed by atoms with Gasteiger partial charge in [-0.2, -0.15) is 0 Å². The lowest BCUT2D eigenvalue weighted by Gasteiger charge is -2.23. The molecule has 2 nitrogen and oxygen atoms in total. The molecule has 46 heavy (non-hydrogen) atoms. The van der Waals surface area contributed by atoms with Gasteiger partial charge in [-0.3, -0.25) is 0 Å². The Labute approximate surface area is 293 Å². The lowest BCUT2D eigenvalue weighted by Crippen LogP contribution is -2.28. The molecule has 0 radical (unpaired) electrons. The summed E-state index contributed by atoms with van der Waals surface area (Å²) in [6.45, 7) is 17.0. The van der Waals surface area contributed by atoms with Crippen LogP contribution in [0.2, 0.25) is 0 Å². The highest BCUT2D eigenvalue weighted by Gasteiger charge is 2.05. The summed E-state index contributed by atoms with van der Waals surface area (Å²) in [5.74, 6) is 0. The van der Waals surface area contributed by atoms with Crippen molar-refractivity contribution in [3.8, 4) is 0 Å². The Bertz CT molecular complexity index is 545. The highest BCUT2D eigenvalue weighted by molar-refractivity contribution is 4.82. The van der Waals surface area contributed by atoms with Gasteiger partial charge in [0.05, 0.1) is 0 Å². The highest BCUT2D eigenvalue weighted by Crippen LogP contribution is 2.12. The molecule has 0 aromatic rings. The molecule has 0 unspecified atom stereocenters. The highest BCUT2D eigenvalue weighted by atomic mass is 15.1. The fraction of sp³-hybridized carbons (Fsp3) is 0.909. The molecule has 0 rings (SSSR count). The van der Waals surface area contributed by atoms with Gasteiger partial charge in [-0.25, -0.2) is 0 Å². The number of nitrogens with zero attached hydrogens (tertiary/aromatic N) is 2. The minimum absolute atomic E-state index is 1.22. The number of rotatable bonds is 39. The van der Waals surface area contributed by atoms with E-state index in [4.69, 9.17) is 0 Å². The Morgan fingerprint density at radius 1 is 0.261 bits per heavy atom. The van der Waals surface area contributed by atoms with Gasteiger partial charge in [-0.05, 0) is 116 Å². The third-order valence-corrected chi connectivity index (χ3v) is 10.1. The van der Waals surface area contributed by atoms with Gasteiger partial charge >= 0.3 is 0 Å². The third kappa shape index (κ3) is 36.2. The number of hydrogen-bond acceptors (Lipinski definition) is 2. The van der Waals surface area contributed by atoms with Gasteiger partial charge < -0.3 is 9.80 Å². The lowest BCUT2D eigenvalue weighted by molar-refractivity contribution is 0.246. The minimum atomic E-state index is 1.22. The van der Waals surface area contributed by atoms with Crippen LogP contribution in [0, 0.1) is 0 Å². The van der Waals surface area contributed by atoms with Gasteiger partial charge in [0.1, 0.15) is 0 Å². The molecule has 0 aliphatic carbocycles. The molecule has 0 aliphatic heterocycles. The molecule has 0 aromatic carbocycles. The summed E-state index contributed by atoms with van der Waals surface area (Å²) in [7, 11) is 0. The van der Waals surface area contributed by atoms with E-state index in [0.29, 0.717) is 0 Å². The normalized spacial score (nSPS) is 12.2. The molecule has 0 saturated carbocycles. The van der Waals surface area contributed by atoms with Gasteiger partial charge in [0, 0.05) is 0 Å². The molecule has 0 fully saturated rings. The number of hydrogen-bond donors (Lipinski definition) is 0.